The molecule has 5 unspecified atom stereocenters. The highest BCUT2D eigenvalue weighted by Gasteiger charge is 2.77. The van der Waals surface area contributed by atoms with E-state index in [1.807, 2.05) is 66.7 Å². The van der Waals surface area contributed by atoms with Gasteiger partial charge in [-0.05, 0) is 35.6 Å². The largest absolute Gasteiger partial charge is 0.496 e. The number of fused-ring (bicyclic) bond motifs is 1. The van der Waals surface area contributed by atoms with Crippen LogP contribution in [0.2, 0.25) is 0 Å². The molecule has 1 aliphatic heterocycles. The molecule has 1 heterocycles. The molecule has 1 saturated carbocycles. The van der Waals surface area contributed by atoms with Crippen molar-refractivity contribution in [1.29, 1.82) is 0 Å². The van der Waals surface area contributed by atoms with Gasteiger partial charge in [0.2, 0.25) is 5.91 Å². The molecule has 200 valence electrons. The van der Waals surface area contributed by atoms with E-state index in [0.717, 1.165) is 16.7 Å². The molecule has 3 N–H and O–H groups in total. The van der Waals surface area contributed by atoms with Gasteiger partial charge in [-0.1, -0.05) is 72.8 Å². The van der Waals surface area contributed by atoms with Crippen molar-refractivity contribution in [3.63, 3.8) is 0 Å². The Morgan fingerprint density at radius 1 is 1.00 bits per heavy atom. The fourth-order valence-corrected chi connectivity index (χ4v) is 8.15. The lowest BCUT2D eigenvalue weighted by Gasteiger charge is -2.62. The predicted octanol–water partition coefficient (Wildman–Crippen LogP) is 3.81. The molecule has 1 saturated heterocycles. The summed E-state index contributed by atoms with van der Waals surface area (Å²) in [4.78, 5) is 40.9. The average Bonchev–Trinajstić information content (AvgIpc) is 3.32. The number of aliphatic carboxylic acids is 1. The number of carbonyl (C=O) groups excluding carboxylic acids is 2. The van der Waals surface area contributed by atoms with Crippen LogP contribution in [0.4, 0.5) is 0 Å². The molecule has 0 spiro atoms. The van der Waals surface area contributed by atoms with Gasteiger partial charge in [0.25, 0.3) is 0 Å². The zero-order valence-corrected chi connectivity index (χ0v) is 22.1. The maximum Gasteiger partial charge on any atom is 0.312 e. The second-order valence-electron chi connectivity index (χ2n) is 11.0. The molecular weight excluding hydrogens is 492 g/mol. The van der Waals surface area contributed by atoms with Crippen LogP contribution in [0.25, 0.3) is 0 Å². The highest BCUT2D eigenvalue weighted by molar-refractivity contribution is 5.97. The first-order valence-electron chi connectivity index (χ1n) is 13.4. The SMILES string of the molecule is COc1ccccc1CC(=O)C1(NC(C)=O)NCC2(C(=O)O)C3CCC(c4ccccc4)(c4ccccc43)C12. The lowest BCUT2D eigenvalue weighted by Crippen LogP contribution is -2.72. The molecule has 0 radical (unpaired) electrons. The van der Waals surface area contributed by atoms with Crippen LogP contribution in [-0.2, 0) is 26.2 Å². The fourth-order valence-electron chi connectivity index (χ4n) is 8.15. The third kappa shape index (κ3) is 3.35. The van der Waals surface area contributed by atoms with Crippen molar-refractivity contribution in [3.05, 3.63) is 101 Å². The van der Waals surface area contributed by atoms with E-state index in [1.54, 1.807) is 13.2 Å². The normalized spacial score (nSPS) is 30.2. The van der Waals surface area contributed by atoms with Crippen molar-refractivity contribution in [2.24, 2.45) is 11.3 Å². The van der Waals surface area contributed by atoms with E-state index < -0.39 is 34.3 Å². The number of nitrogens with one attached hydrogen (secondary N) is 2. The number of ether oxygens (including phenoxy) is 1. The molecule has 3 aliphatic carbocycles. The van der Waals surface area contributed by atoms with Gasteiger partial charge in [0.05, 0.1) is 12.5 Å². The number of carboxylic acid groups (broad SMARTS) is 1. The minimum absolute atomic E-state index is 0.0271. The van der Waals surface area contributed by atoms with E-state index in [9.17, 15) is 19.5 Å². The standard InChI is InChI=1S/C32H32N2O5/c1-20(35)34-32(27(36)18-21-10-6-9-15-26(21)39-2)28-30(22-11-4-3-5-12-22)17-16-25(23-13-7-8-14-24(23)30)31(28,19-33-32)29(37)38/h3-15,25,28,33H,16-19H2,1-2H3,(H,34,35)(H,37,38). The van der Waals surface area contributed by atoms with Crippen molar-refractivity contribution in [2.45, 2.75) is 43.2 Å². The van der Waals surface area contributed by atoms with Crippen LogP contribution in [0.15, 0.2) is 78.9 Å². The van der Waals surface area contributed by atoms with Crippen molar-refractivity contribution < 1.29 is 24.2 Å². The molecule has 2 fully saturated rings. The van der Waals surface area contributed by atoms with E-state index >= 15 is 0 Å². The van der Waals surface area contributed by atoms with Crippen LogP contribution in [-0.4, -0.2) is 42.1 Å². The quantitative estimate of drug-likeness (QED) is 0.434. The topological polar surface area (TPSA) is 105 Å². The number of amides is 1. The molecule has 7 nitrogen and oxygen atoms in total. The van der Waals surface area contributed by atoms with Gasteiger partial charge in [-0.25, -0.2) is 0 Å². The first-order chi connectivity index (χ1) is 18.8. The molecule has 39 heavy (non-hydrogen) atoms. The van der Waals surface area contributed by atoms with Crippen LogP contribution in [0.1, 0.15) is 47.9 Å². The Balaban J connectivity index is 1.63. The zero-order chi connectivity index (χ0) is 27.4. The Kier molecular flexibility index (Phi) is 5.88. The molecule has 1 amide bonds. The van der Waals surface area contributed by atoms with Crippen molar-refractivity contribution in [2.75, 3.05) is 13.7 Å². The van der Waals surface area contributed by atoms with Gasteiger partial charge in [0.15, 0.2) is 11.4 Å². The summed E-state index contributed by atoms with van der Waals surface area (Å²) in [5, 5.41) is 17.4. The maximum atomic E-state index is 14.6. The zero-order valence-electron chi connectivity index (χ0n) is 22.1. The number of hydrogen-bond donors (Lipinski definition) is 3. The van der Waals surface area contributed by atoms with Crippen molar-refractivity contribution in [1.82, 2.24) is 10.6 Å². The third-order valence-corrected chi connectivity index (χ3v) is 9.41. The number of carboxylic acids is 1. The Hall–Kier alpha value is -3.97. The minimum atomic E-state index is -1.60. The van der Waals surface area contributed by atoms with E-state index in [0.29, 0.717) is 24.2 Å². The summed E-state index contributed by atoms with van der Waals surface area (Å²) in [6.45, 7) is 1.45. The number of hydrogen-bond acceptors (Lipinski definition) is 5. The van der Waals surface area contributed by atoms with Crippen molar-refractivity contribution >= 4 is 17.7 Å². The molecule has 2 bridgehead atoms. The van der Waals surface area contributed by atoms with Crippen LogP contribution in [0.5, 0.6) is 5.75 Å². The summed E-state index contributed by atoms with van der Waals surface area (Å²) in [7, 11) is 1.55. The second-order valence-corrected chi connectivity index (χ2v) is 11.0. The monoisotopic (exact) mass is 524 g/mol. The summed E-state index contributed by atoms with van der Waals surface area (Å²) in [6.07, 6.45) is 1.32. The van der Waals surface area contributed by atoms with Gasteiger partial charge in [-0.15, -0.1) is 0 Å². The highest BCUT2D eigenvalue weighted by atomic mass is 16.5. The van der Waals surface area contributed by atoms with E-state index in [4.69, 9.17) is 4.74 Å². The number of para-hydroxylation sites is 1. The highest BCUT2D eigenvalue weighted by Crippen LogP contribution is 2.70. The van der Waals surface area contributed by atoms with Gasteiger partial charge in [-0.3, -0.25) is 19.7 Å². The smallest absolute Gasteiger partial charge is 0.312 e. The fraction of sp³-hybridized carbons (Fsp3) is 0.344. The van der Waals surface area contributed by atoms with Crippen LogP contribution in [0.3, 0.4) is 0 Å². The van der Waals surface area contributed by atoms with Crippen LogP contribution >= 0.6 is 0 Å². The molecular formula is C32H32N2O5. The number of ketones is 1. The molecule has 3 aromatic carbocycles. The Morgan fingerprint density at radius 3 is 2.41 bits per heavy atom. The first kappa shape index (κ1) is 25.3. The minimum Gasteiger partial charge on any atom is -0.496 e. The number of benzene rings is 3. The summed E-state index contributed by atoms with van der Waals surface area (Å²) in [5.41, 5.74) is -0.0297. The van der Waals surface area contributed by atoms with Gasteiger partial charge < -0.3 is 15.2 Å². The molecule has 7 rings (SSSR count). The van der Waals surface area contributed by atoms with Crippen molar-refractivity contribution in [3.8, 4) is 5.75 Å². The van der Waals surface area contributed by atoms with Crippen LogP contribution in [0, 0.1) is 11.3 Å². The van der Waals surface area contributed by atoms with Gasteiger partial charge in [-0.2, -0.15) is 0 Å². The van der Waals surface area contributed by atoms with Gasteiger partial charge in [0, 0.05) is 42.7 Å². The number of Topliss-reactive ketones (excluding diaryl/α,β-unsaturated/α-hetero) is 1. The first-order valence-corrected chi connectivity index (χ1v) is 13.4. The van der Waals surface area contributed by atoms with Gasteiger partial charge in [0.1, 0.15) is 5.75 Å². The predicted molar refractivity (Wildman–Crippen MR) is 145 cm³/mol. The summed E-state index contributed by atoms with van der Waals surface area (Å²) in [5.74, 6) is -2.12. The molecule has 5 atom stereocenters. The van der Waals surface area contributed by atoms with Gasteiger partial charge >= 0.3 is 5.97 Å². The molecule has 7 heteroatoms. The summed E-state index contributed by atoms with van der Waals surface area (Å²) in [6, 6.07) is 25.2. The second kappa shape index (κ2) is 9.06. The van der Waals surface area contributed by atoms with E-state index in [-0.39, 0.29) is 24.7 Å². The van der Waals surface area contributed by atoms with E-state index in [2.05, 4.69) is 16.7 Å². The van der Waals surface area contributed by atoms with E-state index in [1.165, 1.54) is 6.92 Å². The maximum absolute atomic E-state index is 14.6. The average molecular weight is 525 g/mol. The number of carbonyl (C=O) groups is 3. The summed E-state index contributed by atoms with van der Waals surface area (Å²) >= 11 is 0. The Bertz CT molecular complexity index is 1470. The summed E-state index contributed by atoms with van der Waals surface area (Å²) < 4.78 is 5.52. The number of rotatable bonds is 7. The Morgan fingerprint density at radius 2 is 1.69 bits per heavy atom. The Labute approximate surface area is 227 Å². The van der Waals surface area contributed by atoms with Crippen LogP contribution < -0.4 is 15.4 Å². The number of methoxy groups -OCH3 is 1. The molecule has 4 aliphatic rings. The third-order valence-electron chi connectivity index (χ3n) is 9.41. The molecule has 0 aromatic heterocycles. The lowest BCUT2D eigenvalue weighted by atomic mass is 9.40. The molecule has 3 aromatic rings. The lowest BCUT2D eigenvalue weighted by molar-refractivity contribution is -0.162.